The minimum absolute atomic E-state index is 0.113. The number of nitrogens with one attached hydrogen (secondary N) is 1. The molecule has 0 radical (unpaired) electrons. The van der Waals surface area contributed by atoms with Crippen LogP contribution in [0.15, 0.2) is 66.7 Å². The summed E-state index contributed by atoms with van der Waals surface area (Å²) in [5, 5.41) is 15.8. The van der Waals surface area contributed by atoms with Crippen LogP contribution < -0.4 is 10.4 Å². The number of benzene rings is 3. The maximum absolute atomic E-state index is 11.4. The molecule has 3 aromatic carbocycles. The zero-order chi connectivity index (χ0) is 18.5. The number of hydrogen-bond acceptors (Lipinski definition) is 3. The van der Waals surface area contributed by atoms with Gasteiger partial charge in [-0.1, -0.05) is 54.1 Å². The molecule has 0 saturated carbocycles. The predicted molar refractivity (Wildman–Crippen MR) is 104 cm³/mol. The van der Waals surface area contributed by atoms with E-state index in [9.17, 15) is 9.90 Å². The average molecular weight is 375 g/mol. The standard InChI is InChI=1S/C23H18ClNO2/c24-16-6-3-5-14(10-16)22-19-11-13-4-1-2-7-17(13)21(19)18-12-15(23(26)27)8-9-20(18)25-22/h1-10,12,19,21-22,25H,11H2,(H,26,27)/p-1/t19-,21+,22-/m1/s1. The summed E-state index contributed by atoms with van der Waals surface area (Å²) in [4.78, 5) is 11.4. The number of carboxylic acids is 1. The van der Waals surface area contributed by atoms with Crippen LogP contribution in [0.3, 0.4) is 0 Å². The van der Waals surface area contributed by atoms with Crippen LogP contribution in [0.1, 0.15) is 44.6 Å². The van der Waals surface area contributed by atoms with Gasteiger partial charge in [-0.3, -0.25) is 0 Å². The number of carbonyl (C=O) groups excluding carboxylic acids is 1. The fraction of sp³-hybridized carbons (Fsp3) is 0.174. The molecule has 134 valence electrons. The second kappa shape index (κ2) is 6.14. The van der Waals surface area contributed by atoms with Crippen molar-refractivity contribution >= 4 is 23.3 Å². The Labute approximate surface area is 162 Å². The second-order valence-corrected chi connectivity index (χ2v) is 7.75. The van der Waals surface area contributed by atoms with Crippen LogP contribution in [-0.2, 0) is 6.42 Å². The van der Waals surface area contributed by atoms with Crippen molar-refractivity contribution in [2.45, 2.75) is 18.4 Å². The Balaban J connectivity index is 1.69. The normalized spacial score (nSPS) is 22.3. The smallest absolute Gasteiger partial charge is 0.0715 e. The highest BCUT2D eigenvalue weighted by Gasteiger charge is 2.43. The molecule has 3 nitrogen and oxygen atoms in total. The maximum Gasteiger partial charge on any atom is 0.0715 e. The number of halogens is 1. The third-order valence-corrected chi connectivity index (χ3v) is 6.08. The van der Waals surface area contributed by atoms with Gasteiger partial charge in [-0.2, -0.15) is 0 Å². The number of hydrogen-bond donors (Lipinski definition) is 1. The van der Waals surface area contributed by atoms with Gasteiger partial charge < -0.3 is 15.2 Å². The van der Waals surface area contributed by atoms with Crippen LogP contribution in [0, 0.1) is 5.92 Å². The highest BCUT2D eigenvalue weighted by Crippen LogP contribution is 2.53. The van der Waals surface area contributed by atoms with Gasteiger partial charge in [-0.25, -0.2) is 0 Å². The summed E-state index contributed by atoms with van der Waals surface area (Å²) in [7, 11) is 0. The minimum atomic E-state index is -1.14. The molecule has 0 spiro atoms. The minimum Gasteiger partial charge on any atom is -0.545 e. The zero-order valence-electron chi connectivity index (χ0n) is 14.5. The molecule has 4 heteroatoms. The molecular weight excluding hydrogens is 358 g/mol. The summed E-state index contributed by atoms with van der Waals surface area (Å²) in [5.41, 5.74) is 5.99. The Morgan fingerprint density at radius 1 is 1.00 bits per heavy atom. The molecule has 0 fully saturated rings. The van der Waals surface area contributed by atoms with E-state index in [2.05, 4.69) is 35.6 Å². The Kier molecular flexibility index (Phi) is 3.73. The van der Waals surface area contributed by atoms with E-state index in [1.807, 2.05) is 24.3 Å². The molecule has 1 N–H and O–H groups in total. The van der Waals surface area contributed by atoms with Crippen molar-refractivity contribution in [3.63, 3.8) is 0 Å². The van der Waals surface area contributed by atoms with Crippen LogP contribution >= 0.6 is 11.6 Å². The molecule has 0 unspecified atom stereocenters. The van der Waals surface area contributed by atoms with Gasteiger partial charge in [0, 0.05) is 16.6 Å². The van der Waals surface area contributed by atoms with Gasteiger partial charge in [-0.15, -0.1) is 0 Å². The van der Waals surface area contributed by atoms with E-state index >= 15 is 0 Å². The maximum atomic E-state index is 11.4. The fourth-order valence-electron chi connectivity index (χ4n) is 4.72. The SMILES string of the molecule is O=C([O-])c1ccc2c(c1)[C@@H]1c3ccccc3C[C@H]1[C@@H](c1cccc(Cl)c1)N2. The van der Waals surface area contributed by atoms with E-state index in [-0.39, 0.29) is 17.5 Å². The molecule has 0 saturated heterocycles. The van der Waals surface area contributed by atoms with Gasteiger partial charge >= 0.3 is 0 Å². The monoisotopic (exact) mass is 374 g/mol. The third kappa shape index (κ3) is 2.62. The largest absolute Gasteiger partial charge is 0.545 e. The first-order valence-corrected chi connectivity index (χ1v) is 9.45. The zero-order valence-corrected chi connectivity index (χ0v) is 15.2. The lowest BCUT2D eigenvalue weighted by atomic mass is 9.75. The summed E-state index contributed by atoms with van der Waals surface area (Å²) < 4.78 is 0. The average Bonchev–Trinajstić information content (AvgIpc) is 3.06. The van der Waals surface area contributed by atoms with E-state index in [0.717, 1.165) is 28.3 Å². The summed E-state index contributed by atoms with van der Waals surface area (Å²) in [6.45, 7) is 0. The topological polar surface area (TPSA) is 52.2 Å². The summed E-state index contributed by atoms with van der Waals surface area (Å²) in [6, 6.07) is 21.8. The molecule has 0 aromatic heterocycles. The molecule has 5 rings (SSSR count). The first-order chi connectivity index (χ1) is 13.1. The molecular formula is C23H17ClNO2-. The van der Waals surface area contributed by atoms with Crippen molar-refractivity contribution in [1.82, 2.24) is 0 Å². The molecule has 0 bridgehead atoms. The molecule has 2 aliphatic rings. The van der Waals surface area contributed by atoms with Gasteiger partial charge in [-0.05, 0) is 64.4 Å². The number of fused-ring (bicyclic) bond motifs is 5. The second-order valence-electron chi connectivity index (χ2n) is 7.31. The van der Waals surface area contributed by atoms with Crippen LogP contribution in [0.4, 0.5) is 5.69 Å². The third-order valence-electron chi connectivity index (χ3n) is 5.84. The fourth-order valence-corrected chi connectivity index (χ4v) is 4.92. The van der Waals surface area contributed by atoms with Crippen LogP contribution in [0.25, 0.3) is 0 Å². The lowest BCUT2D eigenvalue weighted by Crippen LogP contribution is -2.31. The molecule has 1 heterocycles. The van der Waals surface area contributed by atoms with Gasteiger partial charge in [0.2, 0.25) is 0 Å². The number of anilines is 1. The van der Waals surface area contributed by atoms with E-state index in [1.165, 1.54) is 11.1 Å². The Hall–Kier alpha value is -2.78. The Bertz CT molecular complexity index is 1060. The summed E-state index contributed by atoms with van der Waals surface area (Å²) >= 11 is 6.25. The molecule has 27 heavy (non-hydrogen) atoms. The molecule has 1 aliphatic carbocycles. The van der Waals surface area contributed by atoms with Gasteiger partial charge in [0.15, 0.2) is 0 Å². The van der Waals surface area contributed by atoms with Crippen LogP contribution in [-0.4, -0.2) is 5.97 Å². The first kappa shape index (κ1) is 16.4. The molecule has 3 aromatic rings. The molecule has 1 aliphatic heterocycles. The van der Waals surface area contributed by atoms with E-state index in [0.29, 0.717) is 5.92 Å². The number of aromatic carboxylic acids is 1. The number of carbonyl (C=O) groups is 1. The van der Waals surface area contributed by atoms with E-state index < -0.39 is 5.97 Å². The van der Waals surface area contributed by atoms with Crippen molar-refractivity contribution in [1.29, 1.82) is 0 Å². The van der Waals surface area contributed by atoms with Crippen molar-refractivity contribution < 1.29 is 9.90 Å². The predicted octanol–water partition coefficient (Wildman–Crippen LogP) is 4.17. The van der Waals surface area contributed by atoms with Crippen LogP contribution in [0.2, 0.25) is 5.02 Å². The Morgan fingerprint density at radius 2 is 1.85 bits per heavy atom. The van der Waals surface area contributed by atoms with Crippen molar-refractivity contribution in [2.75, 3.05) is 5.32 Å². The lowest BCUT2D eigenvalue weighted by molar-refractivity contribution is -0.255. The van der Waals surface area contributed by atoms with Crippen molar-refractivity contribution in [3.05, 3.63) is 99.6 Å². The summed E-state index contributed by atoms with van der Waals surface area (Å²) in [5.74, 6) is -0.691. The number of rotatable bonds is 2. The van der Waals surface area contributed by atoms with Crippen molar-refractivity contribution in [3.8, 4) is 0 Å². The van der Waals surface area contributed by atoms with E-state index in [1.54, 1.807) is 12.1 Å². The highest BCUT2D eigenvalue weighted by molar-refractivity contribution is 6.30. The van der Waals surface area contributed by atoms with Crippen LogP contribution in [0.5, 0.6) is 0 Å². The van der Waals surface area contributed by atoms with E-state index in [4.69, 9.17) is 11.6 Å². The Morgan fingerprint density at radius 3 is 2.67 bits per heavy atom. The molecule has 0 amide bonds. The lowest BCUT2D eigenvalue weighted by Gasteiger charge is -2.38. The van der Waals surface area contributed by atoms with Gasteiger partial charge in [0.05, 0.1) is 12.0 Å². The van der Waals surface area contributed by atoms with Gasteiger partial charge in [0.25, 0.3) is 0 Å². The quantitative estimate of drug-likeness (QED) is 0.732. The highest BCUT2D eigenvalue weighted by atomic mass is 35.5. The number of carboxylic acid groups (broad SMARTS) is 1. The van der Waals surface area contributed by atoms with Crippen molar-refractivity contribution in [2.24, 2.45) is 5.92 Å². The van der Waals surface area contributed by atoms with Gasteiger partial charge in [0.1, 0.15) is 0 Å². The molecule has 3 atom stereocenters. The first-order valence-electron chi connectivity index (χ1n) is 9.07. The summed E-state index contributed by atoms with van der Waals surface area (Å²) in [6.07, 6.45) is 0.944.